The summed E-state index contributed by atoms with van der Waals surface area (Å²) in [7, 11) is 0. The molecule has 0 saturated carbocycles. The number of hydrogen-bond acceptors (Lipinski definition) is 6. The van der Waals surface area contributed by atoms with Crippen molar-refractivity contribution >= 4 is 51.5 Å². The molecule has 33 heavy (non-hydrogen) atoms. The first-order valence-electron chi connectivity index (χ1n) is 10.2. The maximum absolute atomic E-state index is 12.6. The van der Waals surface area contributed by atoms with Crippen LogP contribution in [0.3, 0.4) is 0 Å². The number of amides is 2. The molecule has 0 aromatic heterocycles. The first kappa shape index (κ1) is 26.3. The predicted molar refractivity (Wildman–Crippen MR) is 130 cm³/mol. The first-order chi connectivity index (χ1) is 15.7. The number of halogens is 2. The van der Waals surface area contributed by atoms with Gasteiger partial charge in [0.05, 0.1) is 17.3 Å². The summed E-state index contributed by atoms with van der Waals surface area (Å²) in [6, 6.07) is 10.7. The fraction of sp³-hybridized carbons (Fsp3) is 0.304. The Morgan fingerprint density at radius 2 is 1.85 bits per heavy atom. The molecule has 0 saturated heterocycles. The Morgan fingerprint density at radius 1 is 1.15 bits per heavy atom. The standard InChI is InChI=1S/C23H25BrClN3O5/c1-4-32-20(29)13-33-19-10-5-15(11-18(19)24)12-26-28-23(31)21(14(2)3)27-22(30)16-6-8-17(25)9-7-16/h5-12,14,21H,4,13H2,1-3H3,(H,27,30)(H,28,31). The smallest absolute Gasteiger partial charge is 0.344 e. The Labute approximate surface area is 205 Å². The second-order valence-corrected chi connectivity index (χ2v) is 8.51. The summed E-state index contributed by atoms with van der Waals surface area (Å²) < 4.78 is 10.8. The van der Waals surface area contributed by atoms with Crippen LogP contribution in [0.5, 0.6) is 5.75 Å². The zero-order chi connectivity index (χ0) is 24.4. The van der Waals surface area contributed by atoms with E-state index in [1.807, 2.05) is 13.8 Å². The maximum atomic E-state index is 12.6. The van der Waals surface area contributed by atoms with Crippen LogP contribution in [0.2, 0.25) is 5.02 Å². The molecular formula is C23H25BrClN3O5. The molecule has 0 aliphatic rings. The molecule has 2 aromatic rings. The summed E-state index contributed by atoms with van der Waals surface area (Å²) in [6.07, 6.45) is 1.45. The zero-order valence-electron chi connectivity index (χ0n) is 18.4. The van der Waals surface area contributed by atoms with Crippen molar-refractivity contribution in [1.29, 1.82) is 0 Å². The molecule has 10 heteroatoms. The predicted octanol–water partition coefficient (Wildman–Crippen LogP) is 3.95. The lowest BCUT2D eigenvalue weighted by atomic mass is 10.0. The van der Waals surface area contributed by atoms with Gasteiger partial charge in [-0.3, -0.25) is 9.59 Å². The van der Waals surface area contributed by atoms with Gasteiger partial charge >= 0.3 is 5.97 Å². The Balaban J connectivity index is 1.95. The quantitative estimate of drug-likeness (QED) is 0.271. The third-order valence-corrected chi connectivity index (χ3v) is 5.21. The highest BCUT2D eigenvalue weighted by Gasteiger charge is 2.24. The summed E-state index contributed by atoms with van der Waals surface area (Å²) in [5, 5.41) is 7.21. The summed E-state index contributed by atoms with van der Waals surface area (Å²) >= 11 is 9.22. The Kier molecular flexibility index (Phi) is 10.3. The monoisotopic (exact) mass is 537 g/mol. The van der Waals surface area contributed by atoms with E-state index in [0.29, 0.717) is 26.4 Å². The molecule has 0 radical (unpaired) electrons. The summed E-state index contributed by atoms with van der Waals surface area (Å²) in [5.41, 5.74) is 3.53. The molecule has 2 amide bonds. The number of nitrogens with zero attached hydrogens (tertiary/aromatic N) is 1. The normalized spacial score (nSPS) is 11.8. The van der Waals surface area contributed by atoms with Crippen LogP contribution in [0.1, 0.15) is 36.7 Å². The van der Waals surface area contributed by atoms with Gasteiger partial charge in [-0.15, -0.1) is 0 Å². The molecule has 0 aliphatic heterocycles. The molecule has 1 atom stereocenters. The molecule has 2 rings (SSSR count). The van der Waals surface area contributed by atoms with E-state index >= 15 is 0 Å². The van der Waals surface area contributed by atoms with Gasteiger partial charge in [-0.05, 0) is 76.8 Å². The lowest BCUT2D eigenvalue weighted by Crippen LogP contribution is -2.48. The Hall–Kier alpha value is -2.91. The average Bonchev–Trinajstić information content (AvgIpc) is 2.77. The van der Waals surface area contributed by atoms with Crippen LogP contribution >= 0.6 is 27.5 Å². The highest BCUT2D eigenvalue weighted by molar-refractivity contribution is 9.10. The lowest BCUT2D eigenvalue weighted by molar-refractivity contribution is -0.145. The van der Waals surface area contributed by atoms with Crippen LogP contribution in [0, 0.1) is 5.92 Å². The van der Waals surface area contributed by atoms with Crippen LogP contribution in [-0.2, 0) is 14.3 Å². The third kappa shape index (κ3) is 8.51. The van der Waals surface area contributed by atoms with Crippen LogP contribution in [0.4, 0.5) is 0 Å². The SMILES string of the molecule is CCOC(=O)COc1ccc(C=NNC(=O)C(NC(=O)c2ccc(Cl)cc2)C(C)C)cc1Br. The van der Waals surface area contributed by atoms with Crippen molar-refractivity contribution in [1.82, 2.24) is 10.7 Å². The molecule has 0 fully saturated rings. The molecular weight excluding hydrogens is 514 g/mol. The van der Waals surface area contributed by atoms with Crippen molar-refractivity contribution < 1.29 is 23.9 Å². The Bertz CT molecular complexity index is 1010. The molecule has 2 aromatic carbocycles. The number of ether oxygens (including phenoxy) is 2. The lowest BCUT2D eigenvalue weighted by Gasteiger charge is -2.20. The van der Waals surface area contributed by atoms with E-state index in [4.69, 9.17) is 21.1 Å². The fourth-order valence-corrected chi connectivity index (χ4v) is 3.29. The molecule has 0 spiro atoms. The van der Waals surface area contributed by atoms with E-state index in [1.165, 1.54) is 6.21 Å². The van der Waals surface area contributed by atoms with Crippen molar-refractivity contribution in [3.05, 3.63) is 63.1 Å². The number of carbonyl (C=O) groups excluding carboxylic acids is 3. The number of hydrazone groups is 1. The van der Waals surface area contributed by atoms with E-state index in [-0.39, 0.29) is 25.0 Å². The molecule has 8 nitrogen and oxygen atoms in total. The van der Waals surface area contributed by atoms with Gasteiger partial charge in [-0.2, -0.15) is 5.10 Å². The van der Waals surface area contributed by atoms with Gasteiger partial charge in [0, 0.05) is 10.6 Å². The van der Waals surface area contributed by atoms with Crippen molar-refractivity contribution in [3.63, 3.8) is 0 Å². The second-order valence-electron chi connectivity index (χ2n) is 7.22. The van der Waals surface area contributed by atoms with Gasteiger partial charge in [0.15, 0.2) is 6.61 Å². The number of nitrogens with one attached hydrogen (secondary N) is 2. The van der Waals surface area contributed by atoms with Crippen LogP contribution in [0.25, 0.3) is 0 Å². The molecule has 2 N–H and O–H groups in total. The molecule has 0 bridgehead atoms. The van der Waals surface area contributed by atoms with E-state index in [1.54, 1.807) is 49.4 Å². The summed E-state index contributed by atoms with van der Waals surface area (Å²) in [5.74, 6) is -0.986. The number of benzene rings is 2. The van der Waals surface area contributed by atoms with E-state index in [9.17, 15) is 14.4 Å². The summed E-state index contributed by atoms with van der Waals surface area (Å²) in [4.78, 5) is 36.4. The highest BCUT2D eigenvalue weighted by Crippen LogP contribution is 2.25. The minimum atomic E-state index is -0.782. The summed E-state index contributed by atoms with van der Waals surface area (Å²) in [6.45, 7) is 5.45. The molecule has 1 unspecified atom stereocenters. The van der Waals surface area contributed by atoms with Gasteiger partial charge in [0.25, 0.3) is 11.8 Å². The van der Waals surface area contributed by atoms with Crippen LogP contribution in [-0.4, -0.2) is 43.3 Å². The van der Waals surface area contributed by atoms with Crippen molar-refractivity contribution in [2.45, 2.75) is 26.8 Å². The number of hydrogen-bond donors (Lipinski definition) is 2. The zero-order valence-corrected chi connectivity index (χ0v) is 20.8. The molecule has 176 valence electrons. The van der Waals surface area contributed by atoms with Gasteiger partial charge in [-0.1, -0.05) is 25.4 Å². The minimum Gasteiger partial charge on any atom is -0.481 e. The topological polar surface area (TPSA) is 106 Å². The first-order valence-corrected chi connectivity index (χ1v) is 11.4. The van der Waals surface area contributed by atoms with Crippen LogP contribution < -0.4 is 15.5 Å². The van der Waals surface area contributed by atoms with Crippen LogP contribution in [0.15, 0.2) is 52.0 Å². The van der Waals surface area contributed by atoms with Crippen molar-refractivity contribution in [2.75, 3.05) is 13.2 Å². The second kappa shape index (κ2) is 13.0. The van der Waals surface area contributed by atoms with Crippen molar-refractivity contribution in [3.8, 4) is 5.75 Å². The number of rotatable bonds is 10. The minimum absolute atomic E-state index is 0.165. The van der Waals surface area contributed by atoms with E-state index < -0.39 is 17.9 Å². The highest BCUT2D eigenvalue weighted by atomic mass is 79.9. The number of carbonyl (C=O) groups is 3. The average molecular weight is 539 g/mol. The van der Waals surface area contributed by atoms with Gasteiger partial charge in [-0.25, -0.2) is 10.2 Å². The molecule has 0 aliphatic carbocycles. The van der Waals surface area contributed by atoms with Crippen molar-refractivity contribution in [2.24, 2.45) is 11.0 Å². The van der Waals surface area contributed by atoms with Gasteiger partial charge in [0.1, 0.15) is 11.8 Å². The Morgan fingerprint density at radius 3 is 2.45 bits per heavy atom. The third-order valence-electron chi connectivity index (χ3n) is 4.34. The maximum Gasteiger partial charge on any atom is 0.344 e. The largest absolute Gasteiger partial charge is 0.481 e. The van der Waals surface area contributed by atoms with Gasteiger partial charge < -0.3 is 14.8 Å². The van der Waals surface area contributed by atoms with E-state index in [0.717, 1.165) is 0 Å². The fourth-order valence-electron chi connectivity index (χ4n) is 2.65. The number of esters is 1. The van der Waals surface area contributed by atoms with Gasteiger partial charge in [0.2, 0.25) is 0 Å². The molecule has 0 heterocycles. The van der Waals surface area contributed by atoms with E-state index in [2.05, 4.69) is 31.8 Å².